The third-order valence-electron chi connectivity index (χ3n) is 7.03. The molecule has 6 rings (SSSR count). The van der Waals surface area contributed by atoms with E-state index in [9.17, 15) is 8.60 Å². The van der Waals surface area contributed by atoms with Crippen molar-refractivity contribution < 1.29 is 13.3 Å². The van der Waals surface area contributed by atoms with Gasteiger partial charge < -0.3 is 9.64 Å². The molecule has 2 aliphatic heterocycles. The molecule has 33 heavy (non-hydrogen) atoms. The van der Waals surface area contributed by atoms with E-state index in [-0.39, 0.29) is 11.4 Å². The summed E-state index contributed by atoms with van der Waals surface area (Å²) in [5.74, 6) is 2.35. The van der Waals surface area contributed by atoms with Gasteiger partial charge in [-0.15, -0.1) is 0 Å². The second-order valence-electron chi connectivity index (χ2n) is 9.49. The van der Waals surface area contributed by atoms with E-state index in [0.29, 0.717) is 22.9 Å². The molecule has 8 nitrogen and oxygen atoms in total. The van der Waals surface area contributed by atoms with Gasteiger partial charge in [-0.3, -0.25) is 14.2 Å². The first-order valence-electron chi connectivity index (χ1n) is 11.5. The van der Waals surface area contributed by atoms with Crippen LogP contribution >= 0.6 is 0 Å². The minimum absolute atomic E-state index is 0.253. The summed E-state index contributed by atoms with van der Waals surface area (Å²) >= 11 is 0. The van der Waals surface area contributed by atoms with Gasteiger partial charge in [0.1, 0.15) is 23.4 Å². The molecule has 1 N–H and O–H groups in total. The molecule has 2 saturated heterocycles. The van der Waals surface area contributed by atoms with E-state index in [2.05, 4.69) is 30.0 Å². The number of halogens is 1. The third kappa shape index (κ3) is 4.10. The number of rotatable bonds is 5. The van der Waals surface area contributed by atoms with Gasteiger partial charge in [0.25, 0.3) is 0 Å². The van der Waals surface area contributed by atoms with Crippen molar-refractivity contribution in [2.75, 3.05) is 42.6 Å². The maximum atomic E-state index is 14.5. The summed E-state index contributed by atoms with van der Waals surface area (Å²) in [6, 6.07) is 5.55. The molecule has 1 saturated carbocycles. The Morgan fingerprint density at radius 1 is 1.18 bits per heavy atom. The number of H-pyrrole nitrogens is 1. The molecule has 3 fully saturated rings. The lowest BCUT2D eigenvalue weighted by atomic mass is 10.1. The zero-order chi connectivity index (χ0) is 22.6. The van der Waals surface area contributed by atoms with Gasteiger partial charge in [0, 0.05) is 72.0 Å². The maximum Gasteiger partial charge on any atom is 0.167 e. The smallest absolute Gasteiger partial charge is 0.167 e. The fourth-order valence-corrected chi connectivity index (χ4v) is 6.25. The number of nitrogens with zero attached hydrogens (tertiary/aromatic N) is 5. The number of aromatic amines is 1. The molecule has 174 valence electrons. The van der Waals surface area contributed by atoms with Gasteiger partial charge >= 0.3 is 0 Å². The molecule has 0 spiro atoms. The van der Waals surface area contributed by atoms with E-state index in [1.807, 2.05) is 13.0 Å². The SMILES string of the molecule is CC1(Oc2cc3c(-c4cc(N5CCN(C6CCS(=O)C6)CC5)ncn4)n[nH]c3cc2F)CC1. The number of fused-ring (bicyclic) bond motifs is 1. The summed E-state index contributed by atoms with van der Waals surface area (Å²) < 4.78 is 32.2. The summed E-state index contributed by atoms with van der Waals surface area (Å²) in [7, 11) is -0.655. The molecule has 2 atom stereocenters. The lowest BCUT2D eigenvalue weighted by Crippen LogP contribution is -2.50. The Bertz CT molecular complexity index is 1220. The van der Waals surface area contributed by atoms with Gasteiger partial charge in [-0.05, 0) is 32.3 Å². The van der Waals surface area contributed by atoms with Crippen LogP contribution in [0.15, 0.2) is 24.5 Å². The number of piperazine rings is 1. The first-order chi connectivity index (χ1) is 16.0. The molecule has 0 amide bonds. The summed E-state index contributed by atoms with van der Waals surface area (Å²) in [4.78, 5) is 13.7. The molecular formula is C23H27FN6O2S. The Kier molecular flexibility index (Phi) is 5.10. The zero-order valence-electron chi connectivity index (χ0n) is 18.6. The van der Waals surface area contributed by atoms with Gasteiger partial charge in [-0.2, -0.15) is 5.10 Å². The monoisotopic (exact) mass is 470 g/mol. The highest BCUT2D eigenvalue weighted by atomic mass is 32.2. The predicted molar refractivity (Wildman–Crippen MR) is 125 cm³/mol. The first kappa shape index (κ1) is 21.0. The van der Waals surface area contributed by atoms with Crippen LogP contribution in [0.2, 0.25) is 0 Å². The van der Waals surface area contributed by atoms with Crippen molar-refractivity contribution in [2.24, 2.45) is 0 Å². The lowest BCUT2D eigenvalue weighted by molar-refractivity contribution is 0.191. The fraction of sp³-hybridized carbons (Fsp3) is 0.522. The van der Waals surface area contributed by atoms with E-state index >= 15 is 0 Å². The van der Waals surface area contributed by atoms with Crippen LogP contribution in [0.5, 0.6) is 5.75 Å². The van der Waals surface area contributed by atoms with Crippen LogP contribution in [0.3, 0.4) is 0 Å². The third-order valence-corrected chi connectivity index (χ3v) is 8.48. The normalized spacial score (nSPS) is 25.0. The van der Waals surface area contributed by atoms with Crippen LogP contribution < -0.4 is 9.64 Å². The molecule has 1 aliphatic carbocycles. The van der Waals surface area contributed by atoms with E-state index < -0.39 is 16.6 Å². The van der Waals surface area contributed by atoms with Gasteiger partial charge in [-0.1, -0.05) is 0 Å². The molecule has 1 aromatic carbocycles. The largest absolute Gasteiger partial charge is 0.484 e. The van der Waals surface area contributed by atoms with Crippen molar-refractivity contribution in [3.8, 4) is 17.1 Å². The minimum atomic E-state index is -0.655. The Hall–Kier alpha value is -2.59. The molecule has 3 aliphatic rings. The summed E-state index contributed by atoms with van der Waals surface area (Å²) in [5.41, 5.74) is 1.69. The molecule has 2 aromatic heterocycles. The minimum Gasteiger partial charge on any atom is -0.484 e. The van der Waals surface area contributed by atoms with E-state index in [0.717, 1.165) is 68.2 Å². The predicted octanol–water partition coefficient (Wildman–Crippen LogP) is 2.73. The summed E-state index contributed by atoms with van der Waals surface area (Å²) in [5, 5.41) is 8.12. The van der Waals surface area contributed by atoms with E-state index in [1.54, 1.807) is 12.4 Å². The number of hydrogen-bond acceptors (Lipinski definition) is 7. The van der Waals surface area contributed by atoms with Crippen molar-refractivity contribution in [3.05, 3.63) is 30.3 Å². The summed E-state index contributed by atoms with van der Waals surface area (Å²) in [6.45, 7) is 5.59. The van der Waals surface area contributed by atoms with Gasteiger partial charge in [-0.25, -0.2) is 14.4 Å². The molecule has 10 heteroatoms. The van der Waals surface area contributed by atoms with Gasteiger partial charge in [0.15, 0.2) is 11.6 Å². The van der Waals surface area contributed by atoms with Crippen molar-refractivity contribution in [1.82, 2.24) is 25.1 Å². The number of benzene rings is 1. The van der Waals surface area contributed by atoms with E-state index in [1.165, 1.54) is 6.07 Å². The molecule has 4 heterocycles. The van der Waals surface area contributed by atoms with Crippen LogP contribution in [0.4, 0.5) is 10.2 Å². The highest BCUT2D eigenvalue weighted by Crippen LogP contribution is 2.41. The van der Waals surface area contributed by atoms with Crippen LogP contribution in [0.25, 0.3) is 22.3 Å². The molecule has 3 aromatic rings. The Labute approximate surface area is 194 Å². The quantitative estimate of drug-likeness (QED) is 0.614. The fourth-order valence-electron chi connectivity index (χ4n) is 4.74. The molecule has 0 bridgehead atoms. The number of hydrogen-bond donors (Lipinski definition) is 1. The van der Waals surface area contributed by atoms with Gasteiger partial charge in [0.05, 0.1) is 11.2 Å². The van der Waals surface area contributed by atoms with E-state index in [4.69, 9.17) is 4.74 Å². The first-order valence-corrected chi connectivity index (χ1v) is 13.0. The summed E-state index contributed by atoms with van der Waals surface area (Å²) in [6.07, 6.45) is 4.46. The second-order valence-corrected chi connectivity index (χ2v) is 11.1. The van der Waals surface area contributed by atoms with Crippen molar-refractivity contribution in [2.45, 2.75) is 37.8 Å². The second kappa shape index (κ2) is 8.02. The Morgan fingerprint density at radius 3 is 2.73 bits per heavy atom. The maximum absolute atomic E-state index is 14.5. The Balaban J connectivity index is 1.23. The number of anilines is 1. The van der Waals surface area contributed by atoms with Crippen molar-refractivity contribution in [1.29, 1.82) is 0 Å². The topological polar surface area (TPSA) is 87.2 Å². The standard InChI is InChI=1S/C23H27FN6O2S/c1-23(3-4-23)32-20-10-16-18(11-17(20)24)27-28-22(16)19-12-21(26-14-25-19)30-7-5-29(6-8-30)15-2-9-33(31)13-15/h10-12,14-15H,2-9,13H2,1H3,(H,27,28). The average molecular weight is 471 g/mol. The zero-order valence-corrected chi connectivity index (χ0v) is 19.4. The van der Waals surface area contributed by atoms with Crippen LogP contribution in [0.1, 0.15) is 26.2 Å². The number of nitrogens with one attached hydrogen (secondary N) is 1. The van der Waals surface area contributed by atoms with Crippen molar-refractivity contribution in [3.63, 3.8) is 0 Å². The molecule has 2 unspecified atom stereocenters. The van der Waals surface area contributed by atoms with Crippen LogP contribution in [-0.2, 0) is 10.8 Å². The highest BCUT2D eigenvalue weighted by Gasteiger charge is 2.40. The van der Waals surface area contributed by atoms with Gasteiger partial charge in [0.2, 0.25) is 0 Å². The molecular weight excluding hydrogens is 443 g/mol. The molecule has 0 radical (unpaired) electrons. The van der Waals surface area contributed by atoms with Crippen molar-refractivity contribution >= 4 is 27.5 Å². The Morgan fingerprint density at radius 2 is 2.00 bits per heavy atom. The number of aromatic nitrogens is 4. The highest BCUT2D eigenvalue weighted by molar-refractivity contribution is 7.85. The number of ether oxygens (including phenoxy) is 1. The van der Waals surface area contributed by atoms with Crippen LogP contribution in [-0.4, -0.2) is 78.6 Å². The average Bonchev–Trinajstić information content (AvgIpc) is 3.18. The lowest BCUT2D eigenvalue weighted by Gasteiger charge is -2.38. The van der Waals surface area contributed by atoms with Crippen LogP contribution in [0, 0.1) is 5.82 Å².